The van der Waals surface area contributed by atoms with E-state index < -0.39 is 18.9 Å². The lowest BCUT2D eigenvalue weighted by molar-refractivity contribution is -0.160. The molecule has 0 saturated carbocycles. The maximum absolute atomic E-state index is 11.7. The summed E-state index contributed by atoms with van der Waals surface area (Å²) in [6.45, 7) is -1.97. The predicted octanol–water partition coefficient (Wildman–Crippen LogP) is 1.36. The molecule has 0 radical (unpaired) electrons. The molecule has 0 aliphatic carbocycles. The molecule has 0 unspecified atom stereocenters. The summed E-state index contributed by atoms with van der Waals surface area (Å²) in [5, 5.41) is 10.9. The van der Waals surface area contributed by atoms with Crippen molar-refractivity contribution in [2.75, 3.05) is 6.61 Å². The Labute approximate surface area is 101 Å². The Balaban J connectivity index is 2.38. The highest BCUT2D eigenvalue weighted by molar-refractivity contribution is 5.67. The van der Waals surface area contributed by atoms with Crippen LogP contribution < -0.4 is 5.32 Å². The third-order valence-corrected chi connectivity index (χ3v) is 1.81. The van der Waals surface area contributed by atoms with Crippen molar-refractivity contribution in [2.45, 2.75) is 19.3 Å². The van der Waals surface area contributed by atoms with Gasteiger partial charge in [-0.1, -0.05) is 6.07 Å². The SMILES string of the molecule is O=C(NCc1cccc(CO)n1)OCC(F)(F)F. The Hall–Kier alpha value is -1.83. The van der Waals surface area contributed by atoms with Gasteiger partial charge in [0.2, 0.25) is 0 Å². The van der Waals surface area contributed by atoms with Crippen molar-refractivity contribution < 1.29 is 27.8 Å². The number of nitrogens with one attached hydrogen (secondary N) is 1. The van der Waals surface area contributed by atoms with Crippen LogP contribution >= 0.6 is 0 Å². The second-order valence-corrected chi connectivity index (χ2v) is 3.32. The van der Waals surface area contributed by atoms with E-state index in [4.69, 9.17) is 5.11 Å². The number of ether oxygens (including phenoxy) is 1. The fraction of sp³-hybridized carbons (Fsp3) is 0.400. The minimum atomic E-state index is -4.55. The molecule has 0 aliphatic heterocycles. The third kappa shape index (κ3) is 5.48. The molecule has 0 fully saturated rings. The molecule has 1 rings (SSSR count). The molecule has 2 N–H and O–H groups in total. The maximum atomic E-state index is 11.7. The molecular weight excluding hydrogens is 253 g/mol. The summed E-state index contributed by atoms with van der Waals surface area (Å²) >= 11 is 0. The fourth-order valence-corrected chi connectivity index (χ4v) is 1.08. The first-order chi connectivity index (χ1) is 8.40. The highest BCUT2D eigenvalue weighted by Crippen LogP contribution is 2.14. The van der Waals surface area contributed by atoms with Crippen LogP contribution in [0.1, 0.15) is 11.4 Å². The van der Waals surface area contributed by atoms with Gasteiger partial charge in [0.15, 0.2) is 6.61 Å². The molecule has 18 heavy (non-hydrogen) atoms. The van der Waals surface area contributed by atoms with Crippen molar-refractivity contribution in [1.82, 2.24) is 10.3 Å². The summed E-state index contributed by atoms with van der Waals surface area (Å²) in [6.07, 6.45) is -5.73. The van der Waals surface area contributed by atoms with E-state index >= 15 is 0 Å². The van der Waals surface area contributed by atoms with Crippen molar-refractivity contribution in [3.63, 3.8) is 0 Å². The highest BCUT2D eigenvalue weighted by Gasteiger charge is 2.29. The Kier molecular flexibility index (Phi) is 4.90. The van der Waals surface area contributed by atoms with Gasteiger partial charge in [0, 0.05) is 0 Å². The monoisotopic (exact) mass is 264 g/mol. The van der Waals surface area contributed by atoms with Crippen molar-refractivity contribution in [3.05, 3.63) is 29.6 Å². The Bertz CT molecular complexity index is 410. The number of nitrogens with zero attached hydrogens (tertiary/aromatic N) is 1. The van der Waals surface area contributed by atoms with Gasteiger partial charge in [0.25, 0.3) is 0 Å². The molecule has 0 spiro atoms. The van der Waals surface area contributed by atoms with Gasteiger partial charge in [0.1, 0.15) is 0 Å². The van der Waals surface area contributed by atoms with Gasteiger partial charge >= 0.3 is 12.3 Å². The number of pyridine rings is 1. The standard InChI is InChI=1S/C10H11F3N2O3/c11-10(12,13)6-18-9(17)14-4-7-2-1-3-8(5-16)15-7/h1-3,16H,4-6H2,(H,14,17). The van der Waals surface area contributed by atoms with E-state index in [1.165, 1.54) is 0 Å². The Morgan fingerprint density at radius 3 is 2.67 bits per heavy atom. The number of aliphatic hydroxyl groups is 1. The molecule has 0 bridgehead atoms. The number of hydrogen-bond acceptors (Lipinski definition) is 4. The van der Waals surface area contributed by atoms with Gasteiger partial charge in [-0.2, -0.15) is 13.2 Å². The Morgan fingerprint density at radius 2 is 2.06 bits per heavy atom. The summed E-state index contributed by atoms with van der Waals surface area (Å²) in [5.41, 5.74) is 0.809. The number of carbonyl (C=O) groups excluding carboxylic acids is 1. The van der Waals surface area contributed by atoms with Gasteiger partial charge < -0.3 is 15.2 Å². The van der Waals surface area contributed by atoms with Crippen LogP contribution in [-0.4, -0.2) is 29.0 Å². The highest BCUT2D eigenvalue weighted by atomic mass is 19.4. The summed E-state index contributed by atoms with van der Waals surface area (Å²) in [6, 6.07) is 4.74. The number of alkyl carbamates (subject to hydrolysis) is 1. The van der Waals surface area contributed by atoms with Crippen LogP contribution in [0, 0.1) is 0 Å². The molecule has 0 aliphatic rings. The van der Waals surface area contributed by atoms with E-state index in [1.54, 1.807) is 18.2 Å². The first kappa shape index (κ1) is 14.2. The molecule has 100 valence electrons. The average molecular weight is 264 g/mol. The molecule has 1 aromatic rings. The molecular formula is C10H11F3N2O3. The minimum absolute atomic E-state index is 0.0788. The van der Waals surface area contributed by atoms with Crippen LogP contribution in [0.15, 0.2) is 18.2 Å². The fourth-order valence-electron chi connectivity index (χ4n) is 1.08. The van der Waals surface area contributed by atoms with Gasteiger partial charge in [-0.3, -0.25) is 4.98 Å². The van der Waals surface area contributed by atoms with Gasteiger partial charge in [0.05, 0.1) is 24.5 Å². The maximum Gasteiger partial charge on any atom is 0.422 e. The number of aliphatic hydroxyl groups excluding tert-OH is 1. The number of carbonyl (C=O) groups is 1. The molecule has 0 saturated heterocycles. The van der Waals surface area contributed by atoms with Crippen LogP contribution in [-0.2, 0) is 17.9 Å². The van der Waals surface area contributed by atoms with Crippen LogP contribution in [0.4, 0.5) is 18.0 Å². The summed E-state index contributed by atoms with van der Waals surface area (Å²) in [4.78, 5) is 14.8. The third-order valence-electron chi connectivity index (χ3n) is 1.81. The molecule has 1 amide bonds. The number of aromatic nitrogens is 1. The number of amides is 1. The number of alkyl halides is 3. The quantitative estimate of drug-likeness (QED) is 0.861. The second-order valence-electron chi connectivity index (χ2n) is 3.32. The van der Waals surface area contributed by atoms with Crippen LogP contribution in [0.3, 0.4) is 0 Å². The van der Waals surface area contributed by atoms with E-state index in [0.29, 0.717) is 11.4 Å². The number of rotatable bonds is 4. The van der Waals surface area contributed by atoms with E-state index in [1.807, 2.05) is 0 Å². The summed E-state index contributed by atoms with van der Waals surface area (Å²) in [5.74, 6) is 0. The van der Waals surface area contributed by atoms with Crippen LogP contribution in [0.25, 0.3) is 0 Å². The van der Waals surface area contributed by atoms with Crippen molar-refractivity contribution in [3.8, 4) is 0 Å². The second kappa shape index (κ2) is 6.20. The first-order valence-corrected chi connectivity index (χ1v) is 4.94. The zero-order valence-corrected chi connectivity index (χ0v) is 9.20. The normalized spacial score (nSPS) is 11.1. The van der Waals surface area contributed by atoms with E-state index in [9.17, 15) is 18.0 Å². The van der Waals surface area contributed by atoms with Gasteiger partial charge in [-0.25, -0.2) is 4.79 Å². The minimum Gasteiger partial charge on any atom is -0.440 e. The number of hydrogen-bond donors (Lipinski definition) is 2. The van der Waals surface area contributed by atoms with Crippen LogP contribution in [0.2, 0.25) is 0 Å². The zero-order valence-electron chi connectivity index (χ0n) is 9.20. The molecule has 5 nitrogen and oxygen atoms in total. The van der Waals surface area contributed by atoms with E-state index in [0.717, 1.165) is 0 Å². The molecule has 0 aromatic carbocycles. The summed E-state index contributed by atoms with van der Waals surface area (Å²) < 4.78 is 39.1. The summed E-state index contributed by atoms with van der Waals surface area (Å²) in [7, 11) is 0. The van der Waals surface area contributed by atoms with Crippen LogP contribution in [0.5, 0.6) is 0 Å². The smallest absolute Gasteiger partial charge is 0.422 e. The molecule has 8 heteroatoms. The zero-order chi connectivity index (χ0) is 13.6. The van der Waals surface area contributed by atoms with E-state index in [-0.39, 0.29) is 13.2 Å². The van der Waals surface area contributed by atoms with Crippen molar-refractivity contribution in [1.29, 1.82) is 0 Å². The predicted molar refractivity (Wildman–Crippen MR) is 54.4 cm³/mol. The lowest BCUT2D eigenvalue weighted by Gasteiger charge is -2.09. The number of halogens is 3. The molecule has 1 heterocycles. The largest absolute Gasteiger partial charge is 0.440 e. The van der Waals surface area contributed by atoms with E-state index in [2.05, 4.69) is 15.0 Å². The molecule has 1 aromatic heterocycles. The molecule has 0 atom stereocenters. The lowest BCUT2D eigenvalue weighted by Crippen LogP contribution is -2.28. The average Bonchev–Trinajstić information content (AvgIpc) is 2.33. The topological polar surface area (TPSA) is 71.5 Å². The van der Waals surface area contributed by atoms with Gasteiger partial charge in [-0.15, -0.1) is 0 Å². The van der Waals surface area contributed by atoms with Gasteiger partial charge in [-0.05, 0) is 12.1 Å². The lowest BCUT2D eigenvalue weighted by atomic mass is 10.3. The Morgan fingerprint density at radius 1 is 1.39 bits per heavy atom. The first-order valence-electron chi connectivity index (χ1n) is 4.94. The van der Waals surface area contributed by atoms with Crippen molar-refractivity contribution >= 4 is 6.09 Å². The van der Waals surface area contributed by atoms with Crippen molar-refractivity contribution in [2.24, 2.45) is 0 Å².